The van der Waals surface area contributed by atoms with Crippen molar-refractivity contribution in [3.8, 4) is 0 Å². The third kappa shape index (κ3) is 1.44. The van der Waals surface area contributed by atoms with Gasteiger partial charge in [0, 0.05) is 12.6 Å². The van der Waals surface area contributed by atoms with Crippen LogP contribution in [0.25, 0.3) is 0 Å². The minimum Gasteiger partial charge on any atom is -0.370 e. The van der Waals surface area contributed by atoms with E-state index in [0.29, 0.717) is 18.1 Å². The summed E-state index contributed by atoms with van der Waals surface area (Å²) >= 11 is 0. The number of hydrogen-bond donors (Lipinski definition) is 1. The molecule has 78 valence electrons. The van der Waals surface area contributed by atoms with Gasteiger partial charge in [-0.15, -0.1) is 0 Å². The summed E-state index contributed by atoms with van der Waals surface area (Å²) in [4.78, 5) is 0. The highest BCUT2D eigenvalue weighted by Gasteiger charge is 2.43. The van der Waals surface area contributed by atoms with Crippen molar-refractivity contribution in [1.82, 2.24) is 9.78 Å². The summed E-state index contributed by atoms with van der Waals surface area (Å²) in [6.45, 7) is 2.02. The van der Waals surface area contributed by atoms with E-state index >= 15 is 0 Å². The van der Waals surface area contributed by atoms with Gasteiger partial charge >= 0.3 is 6.18 Å². The number of anilines is 1. The molecule has 2 heterocycles. The van der Waals surface area contributed by atoms with Crippen LogP contribution >= 0.6 is 0 Å². The molecule has 0 spiro atoms. The van der Waals surface area contributed by atoms with Crippen LogP contribution in [0.2, 0.25) is 0 Å². The van der Waals surface area contributed by atoms with Gasteiger partial charge in [-0.1, -0.05) is 0 Å². The molecule has 6 heteroatoms. The largest absolute Gasteiger partial charge is 0.410 e. The summed E-state index contributed by atoms with van der Waals surface area (Å²) < 4.78 is 38.6. The van der Waals surface area contributed by atoms with Crippen molar-refractivity contribution in [2.75, 3.05) is 11.9 Å². The molecule has 1 aliphatic heterocycles. The molecule has 1 N–H and O–H groups in total. The second-order valence-electron chi connectivity index (χ2n) is 3.39. The fraction of sp³-hybridized carbons (Fsp3) is 0.625. The fourth-order valence-corrected chi connectivity index (χ4v) is 1.65. The lowest BCUT2D eigenvalue weighted by molar-refractivity contribution is -0.171. The van der Waals surface area contributed by atoms with Crippen LogP contribution in [0.4, 0.5) is 19.0 Å². The van der Waals surface area contributed by atoms with Gasteiger partial charge in [-0.25, -0.2) is 4.68 Å². The first-order valence-corrected chi connectivity index (χ1v) is 4.35. The molecule has 0 saturated carbocycles. The zero-order valence-electron chi connectivity index (χ0n) is 7.60. The van der Waals surface area contributed by atoms with E-state index in [0.717, 1.165) is 4.68 Å². The van der Waals surface area contributed by atoms with Crippen LogP contribution in [-0.2, 0) is 0 Å². The van der Waals surface area contributed by atoms with Gasteiger partial charge in [0.1, 0.15) is 5.82 Å². The molecule has 1 aliphatic rings. The van der Waals surface area contributed by atoms with E-state index in [1.54, 1.807) is 13.0 Å². The number of aryl methyl sites for hydroxylation is 1. The Morgan fingerprint density at radius 3 is 2.93 bits per heavy atom. The highest BCUT2D eigenvalue weighted by Crippen LogP contribution is 2.37. The van der Waals surface area contributed by atoms with Crippen molar-refractivity contribution in [3.05, 3.63) is 11.8 Å². The zero-order chi connectivity index (χ0) is 10.3. The third-order valence-electron chi connectivity index (χ3n) is 2.25. The van der Waals surface area contributed by atoms with Gasteiger partial charge in [-0.2, -0.15) is 18.3 Å². The van der Waals surface area contributed by atoms with Crippen LogP contribution < -0.4 is 5.32 Å². The Hall–Kier alpha value is -1.20. The van der Waals surface area contributed by atoms with Crippen LogP contribution in [-0.4, -0.2) is 22.5 Å². The van der Waals surface area contributed by atoms with E-state index < -0.39 is 12.2 Å². The van der Waals surface area contributed by atoms with Crippen LogP contribution in [0.5, 0.6) is 0 Å². The Morgan fingerprint density at radius 2 is 2.29 bits per heavy atom. The van der Waals surface area contributed by atoms with Crippen LogP contribution in [0.1, 0.15) is 18.2 Å². The van der Waals surface area contributed by atoms with Crippen LogP contribution in [0, 0.1) is 6.92 Å². The molecule has 0 fully saturated rings. The molecule has 0 aromatic carbocycles. The fourth-order valence-electron chi connectivity index (χ4n) is 1.65. The molecule has 0 amide bonds. The average Bonchev–Trinajstić information content (AvgIpc) is 2.41. The molecule has 1 aromatic heterocycles. The maximum absolute atomic E-state index is 12.5. The predicted octanol–water partition coefficient (Wildman–Crippen LogP) is 2.11. The van der Waals surface area contributed by atoms with E-state index in [9.17, 15) is 13.2 Å². The average molecular weight is 205 g/mol. The van der Waals surface area contributed by atoms with E-state index in [-0.39, 0.29) is 6.42 Å². The number of nitrogens with zero attached hydrogens (tertiary/aromatic N) is 2. The molecule has 0 saturated heterocycles. The Balaban J connectivity index is 2.40. The third-order valence-corrected chi connectivity index (χ3v) is 2.25. The molecule has 3 nitrogen and oxygen atoms in total. The van der Waals surface area contributed by atoms with Gasteiger partial charge in [-0.3, -0.25) is 0 Å². The highest BCUT2D eigenvalue weighted by molar-refractivity contribution is 5.39. The molecule has 0 aliphatic carbocycles. The van der Waals surface area contributed by atoms with Crippen molar-refractivity contribution in [1.29, 1.82) is 0 Å². The molecule has 0 radical (unpaired) electrons. The monoisotopic (exact) mass is 205 g/mol. The SMILES string of the molecule is Cc1cc2n(n1)[C@H](C(F)(F)F)CCN2. The minimum absolute atomic E-state index is 0.0393. The molecule has 1 aromatic rings. The smallest absolute Gasteiger partial charge is 0.370 e. The van der Waals surface area contributed by atoms with Crippen LogP contribution in [0.15, 0.2) is 6.07 Å². The Bertz CT molecular complexity index is 342. The molecule has 0 bridgehead atoms. The standard InChI is InChI=1S/C8H10F3N3/c1-5-4-7-12-3-2-6(8(9,10)11)14(7)13-5/h4,6,12H,2-3H2,1H3/t6-/m0/s1. The van der Waals surface area contributed by atoms with Crippen LogP contribution in [0.3, 0.4) is 0 Å². The van der Waals surface area contributed by atoms with Crippen molar-refractivity contribution in [2.24, 2.45) is 0 Å². The van der Waals surface area contributed by atoms with Gasteiger partial charge in [0.25, 0.3) is 0 Å². The van der Waals surface area contributed by atoms with E-state index in [1.807, 2.05) is 0 Å². The first-order valence-electron chi connectivity index (χ1n) is 4.35. The Kier molecular flexibility index (Phi) is 1.94. The maximum atomic E-state index is 12.5. The summed E-state index contributed by atoms with van der Waals surface area (Å²) in [7, 11) is 0. The van der Waals surface area contributed by atoms with Gasteiger partial charge in [0.05, 0.1) is 5.69 Å². The summed E-state index contributed by atoms with van der Waals surface area (Å²) in [5, 5.41) is 6.72. The number of fused-ring (bicyclic) bond motifs is 1. The second kappa shape index (κ2) is 2.90. The zero-order valence-corrected chi connectivity index (χ0v) is 7.60. The Labute approximate surface area is 78.9 Å². The van der Waals surface area contributed by atoms with Gasteiger partial charge in [0.2, 0.25) is 0 Å². The summed E-state index contributed by atoms with van der Waals surface area (Å²) in [6.07, 6.45) is -4.17. The minimum atomic E-state index is -4.21. The van der Waals surface area contributed by atoms with Gasteiger partial charge in [-0.05, 0) is 13.3 Å². The van der Waals surface area contributed by atoms with E-state index in [1.165, 1.54) is 0 Å². The summed E-state index contributed by atoms with van der Waals surface area (Å²) in [6, 6.07) is 0.144. The predicted molar refractivity (Wildman–Crippen MR) is 45.2 cm³/mol. The lowest BCUT2D eigenvalue weighted by Crippen LogP contribution is -2.33. The first-order chi connectivity index (χ1) is 6.48. The maximum Gasteiger partial charge on any atom is 0.410 e. The number of hydrogen-bond acceptors (Lipinski definition) is 2. The van der Waals surface area contributed by atoms with E-state index in [2.05, 4.69) is 10.4 Å². The normalized spacial score (nSPS) is 21.6. The lowest BCUT2D eigenvalue weighted by atomic mass is 10.1. The molecular weight excluding hydrogens is 195 g/mol. The van der Waals surface area contributed by atoms with Gasteiger partial charge in [0.15, 0.2) is 6.04 Å². The number of rotatable bonds is 0. The van der Waals surface area contributed by atoms with Gasteiger partial charge < -0.3 is 5.32 Å². The summed E-state index contributed by atoms with van der Waals surface area (Å²) in [5.74, 6) is 0.455. The molecule has 14 heavy (non-hydrogen) atoms. The molecule has 0 unspecified atom stereocenters. The van der Waals surface area contributed by atoms with Crippen molar-refractivity contribution in [3.63, 3.8) is 0 Å². The number of nitrogens with one attached hydrogen (secondary N) is 1. The van der Waals surface area contributed by atoms with Crippen molar-refractivity contribution in [2.45, 2.75) is 25.6 Å². The number of alkyl halides is 3. The van der Waals surface area contributed by atoms with Crippen molar-refractivity contribution >= 4 is 5.82 Å². The summed E-state index contributed by atoms with van der Waals surface area (Å²) in [5.41, 5.74) is 0.601. The molecular formula is C8H10F3N3. The second-order valence-corrected chi connectivity index (χ2v) is 3.39. The quantitative estimate of drug-likeness (QED) is 0.703. The molecule has 1 atom stereocenters. The van der Waals surface area contributed by atoms with Crippen molar-refractivity contribution < 1.29 is 13.2 Å². The molecule has 2 rings (SSSR count). The number of halogens is 3. The highest BCUT2D eigenvalue weighted by atomic mass is 19.4. The lowest BCUT2D eigenvalue weighted by Gasteiger charge is -2.27. The topological polar surface area (TPSA) is 29.9 Å². The Morgan fingerprint density at radius 1 is 1.57 bits per heavy atom. The first kappa shape index (κ1) is 9.36. The number of aromatic nitrogens is 2. The van der Waals surface area contributed by atoms with E-state index in [4.69, 9.17) is 0 Å².